The molecule has 2 heterocycles. The molecule has 2 bridgehead atoms. The van der Waals surface area contributed by atoms with Crippen LogP contribution in [-0.4, -0.2) is 42.7 Å². The van der Waals surface area contributed by atoms with Crippen molar-refractivity contribution < 1.29 is 18.7 Å². The maximum absolute atomic E-state index is 12.9. The van der Waals surface area contributed by atoms with Crippen LogP contribution in [0.25, 0.3) is 0 Å². The minimum Gasteiger partial charge on any atom is -0.492 e. The summed E-state index contributed by atoms with van der Waals surface area (Å²) in [6.45, 7) is 5.72. The van der Waals surface area contributed by atoms with Crippen molar-refractivity contribution in [1.82, 2.24) is 4.90 Å². The topological polar surface area (TPSA) is 38.8 Å². The fraction of sp³-hybridized carbons (Fsp3) is 0.632. The molecule has 0 aromatic heterocycles. The largest absolute Gasteiger partial charge is 0.492 e. The first-order chi connectivity index (χ1) is 11.6. The highest BCUT2D eigenvalue weighted by Gasteiger charge is 2.59. The monoisotopic (exact) mass is 335 g/mol. The molecule has 0 radical (unpaired) electrons. The van der Waals surface area contributed by atoms with Crippen LogP contribution in [0.4, 0.5) is 4.39 Å². The summed E-state index contributed by atoms with van der Waals surface area (Å²) in [7, 11) is 0. The number of nitrogens with zero attached hydrogens (tertiary/aromatic N) is 1. The first-order valence-electron chi connectivity index (χ1n) is 8.92. The summed E-state index contributed by atoms with van der Waals surface area (Å²) in [5, 5.41) is 0. The number of esters is 1. The highest BCUT2D eigenvalue weighted by Crippen LogP contribution is 2.52. The van der Waals surface area contributed by atoms with Crippen molar-refractivity contribution in [3.63, 3.8) is 0 Å². The zero-order valence-electron chi connectivity index (χ0n) is 14.5. The van der Waals surface area contributed by atoms with E-state index in [2.05, 4.69) is 11.8 Å². The van der Waals surface area contributed by atoms with Crippen molar-refractivity contribution >= 4 is 5.97 Å². The lowest BCUT2D eigenvalue weighted by Crippen LogP contribution is -2.44. The quantitative estimate of drug-likeness (QED) is 0.716. The van der Waals surface area contributed by atoms with Crippen LogP contribution in [0.5, 0.6) is 5.75 Å². The molecule has 5 heteroatoms. The van der Waals surface area contributed by atoms with Gasteiger partial charge in [0.25, 0.3) is 0 Å². The molecular formula is C19H26FNO3. The summed E-state index contributed by atoms with van der Waals surface area (Å²) >= 11 is 0. The zero-order valence-corrected chi connectivity index (χ0v) is 14.5. The molecule has 3 atom stereocenters. The lowest BCUT2D eigenvalue weighted by atomic mass is 9.72. The molecule has 2 saturated heterocycles. The van der Waals surface area contributed by atoms with Crippen molar-refractivity contribution in [2.24, 2.45) is 5.41 Å². The van der Waals surface area contributed by atoms with E-state index in [-0.39, 0.29) is 23.2 Å². The third kappa shape index (κ3) is 3.02. The Balaban J connectivity index is 1.61. The van der Waals surface area contributed by atoms with E-state index in [1.54, 1.807) is 12.1 Å². The molecule has 132 valence electrons. The summed E-state index contributed by atoms with van der Waals surface area (Å²) in [6.07, 6.45) is 3.90. The molecule has 0 unspecified atom stereocenters. The van der Waals surface area contributed by atoms with Crippen LogP contribution in [0.3, 0.4) is 0 Å². The molecule has 0 amide bonds. The highest BCUT2D eigenvalue weighted by molar-refractivity contribution is 5.78. The fourth-order valence-corrected chi connectivity index (χ4v) is 4.46. The van der Waals surface area contributed by atoms with E-state index in [9.17, 15) is 9.18 Å². The van der Waals surface area contributed by atoms with Gasteiger partial charge < -0.3 is 9.47 Å². The van der Waals surface area contributed by atoms with E-state index in [1.165, 1.54) is 12.1 Å². The smallest absolute Gasteiger partial charge is 0.313 e. The normalized spacial score (nSPS) is 29.0. The van der Waals surface area contributed by atoms with E-state index in [0.29, 0.717) is 25.0 Å². The molecule has 1 aromatic carbocycles. The molecule has 1 aromatic rings. The minimum absolute atomic E-state index is 0.0378. The second-order valence-electron chi connectivity index (χ2n) is 6.72. The number of carbonyl (C=O) groups is 1. The first kappa shape index (κ1) is 17.2. The average molecular weight is 335 g/mol. The van der Waals surface area contributed by atoms with E-state index in [4.69, 9.17) is 9.47 Å². The molecule has 0 spiro atoms. The van der Waals surface area contributed by atoms with Crippen LogP contribution < -0.4 is 4.74 Å². The molecule has 0 aliphatic carbocycles. The van der Waals surface area contributed by atoms with Gasteiger partial charge in [0.15, 0.2) is 0 Å². The molecule has 24 heavy (non-hydrogen) atoms. The lowest BCUT2D eigenvalue weighted by molar-refractivity contribution is -0.157. The Morgan fingerprint density at radius 3 is 2.71 bits per heavy atom. The van der Waals surface area contributed by atoms with E-state index in [1.807, 2.05) is 6.92 Å². The van der Waals surface area contributed by atoms with Gasteiger partial charge in [-0.05, 0) is 56.9 Å². The number of rotatable bonds is 7. The predicted molar refractivity (Wildman–Crippen MR) is 89.4 cm³/mol. The van der Waals surface area contributed by atoms with Crippen LogP contribution in [0.2, 0.25) is 0 Å². The van der Waals surface area contributed by atoms with Gasteiger partial charge in [0.1, 0.15) is 18.2 Å². The Hall–Kier alpha value is -1.62. The van der Waals surface area contributed by atoms with Gasteiger partial charge in [-0.15, -0.1) is 0 Å². The molecule has 0 N–H and O–H groups in total. The van der Waals surface area contributed by atoms with E-state index >= 15 is 0 Å². The zero-order chi connectivity index (χ0) is 17.2. The van der Waals surface area contributed by atoms with Gasteiger partial charge in [0, 0.05) is 18.6 Å². The Kier molecular flexibility index (Phi) is 5.09. The first-order valence-corrected chi connectivity index (χ1v) is 8.92. The number of benzene rings is 1. The number of halogens is 1. The Labute approximate surface area is 142 Å². The van der Waals surface area contributed by atoms with Crippen molar-refractivity contribution in [1.29, 1.82) is 0 Å². The van der Waals surface area contributed by atoms with E-state index in [0.717, 1.165) is 32.2 Å². The van der Waals surface area contributed by atoms with Gasteiger partial charge >= 0.3 is 5.97 Å². The number of ether oxygens (including phenoxy) is 2. The van der Waals surface area contributed by atoms with Crippen molar-refractivity contribution in [3.8, 4) is 5.75 Å². The summed E-state index contributed by atoms with van der Waals surface area (Å²) in [5.41, 5.74) is -0.352. The van der Waals surface area contributed by atoms with Gasteiger partial charge in [-0.2, -0.15) is 0 Å². The fourth-order valence-electron chi connectivity index (χ4n) is 4.46. The number of carbonyl (C=O) groups excluding carboxylic acids is 1. The SMILES string of the molecule is CCOC(=O)[C@@]1(CC)C[C@H]2CC[C@@H]1N2CCOc1ccc(F)cc1. The molecule has 2 fully saturated rings. The number of fused-ring (bicyclic) bond motifs is 2. The van der Waals surface area contributed by atoms with Crippen molar-refractivity contribution in [2.75, 3.05) is 19.8 Å². The number of hydrogen-bond acceptors (Lipinski definition) is 4. The van der Waals surface area contributed by atoms with Crippen LogP contribution in [-0.2, 0) is 9.53 Å². The van der Waals surface area contributed by atoms with Crippen molar-refractivity contribution in [2.45, 2.75) is 51.6 Å². The summed E-state index contributed by atoms with van der Waals surface area (Å²) in [6, 6.07) is 6.78. The molecule has 2 aliphatic rings. The van der Waals surface area contributed by atoms with Crippen molar-refractivity contribution in [3.05, 3.63) is 30.1 Å². The number of hydrogen-bond donors (Lipinski definition) is 0. The van der Waals surface area contributed by atoms with Gasteiger partial charge in [-0.1, -0.05) is 6.92 Å². The van der Waals surface area contributed by atoms with Crippen LogP contribution in [0, 0.1) is 11.2 Å². The van der Waals surface area contributed by atoms with Crippen LogP contribution >= 0.6 is 0 Å². The molecule has 3 rings (SSSR count). The second kappa shape index (κ2) is 7.09. The Morgan fingerprint density at radius 2 is 2.04 bits per heavy atom. The third-order valence-corrected chi connectivity index (χ3v) is 5.63. The highest BCUT2D eigenvalue weighted by atomic mass is 19.1. The predicted octanol–water partition coefficient (Wildman–Crippen LogP) is 3.40. The Morgan fingerprint density at radius 1 is 1.29 bits per heavy atom. The molecule has 4 nitrogen and oxygen atoms in total. The molecule has 0 saturated carbocycles. The standard InChI is InChI=1S/C19H26FNO3/c1-3-19(18(22)23-4-2)13-15-7-10-17(19)21(15)11-12-24-16-8-5-14(20)6-9-16/h5-6,8-9,15,17H,3-4,7,10-13H2,1-2H3/t15-,17+,19+/m1/s1. The van der Waals surface area contributed by atoms with Gasteiger partial charge in [-0.3, -0.25) is 9.69 Å². The second-order valence-corrected chi connectivity index (χ2v) is 6.72. The minimum atomic E-state index is -0.352. The van der Waals surface area contributed by atoms with Gasteiger partial charge in [0.05, 0.1) is 12.0 Å². The Bertz CT molecular complexity index is 576. The summed E-state index contributed by atoms with van der Waals surface area (Å²) in [4.78, 5) is 15.0. The maximum Gasteiger partial charge on any atom is 0.313 e. The third-order valence-electron chi connectivity index (χ3n) is 5.63. The molecule has 2 aliphatic heterocycles. The maximum atomic E-state index is 12.9. The van der Waals surface area contributed by atoms with E-state index < -0.39 is 0 Å². The average Bonchev–Trinajstić information content (AvgIpc) is 3.12. The lowest BCUT2D eigenvalue weighted by Gasteiger charge is -2.34. The van der Waals surface area contributed by atoms with Crippen LogP contribution in [0.1, 0.15) is 39.5 Å². The summed E-state index contributed by atoms with van der Waals surface area (Å²) in [5.74, 6) is 0.376. The van der Waals surface area contributed by atoms with Crippen LogP contribution in [0.15, 0.2) is 24.3 Å². The molecular weight excluding hydrogens is 309 g/mol. The van der Waals surface area contributed by atoms with Gasteiger partial charge in [0.2, 0.25) is 0 Å². The van der Waals surface area contributed by atoms with Gasteiger partial charge in [-0.25, -0.2) is 4.39 Å². The summed E-state index contributed by atoms with van der Waals surface area (Å²) < 4.78 is 24.0.